The van der Waals surface area contributed by atoms with Gasteiger partial charge in [0.2, 0.25) is 0 Å². The number of aromatic nitrogens is 3. The summed E-state index contributed by atoms with van der Waals surface area (Å²) in [7, 11) is 2.02. The molecule has 0 amide bonds. The zero-order chi connectivity index (χ0) is 10.8. The Labute approximate surface area is 89.1 Å². The summed E-state index contributed by atoms with van der Waals surface area (Å²) in [6, 6.07) is 2.16. The third kappa shape index (κ3) is 1.99. The lowest BCUT2D eigenvalue weighted by Crippen LogP contribution is -2.16. The minimum Gasteiger partial charge on any atom is -0.330 e. The second-order valence-electron chi connectivity index (χ2n) is 3.97. The summed E-state index contributed by atoms with van der Waals surface area (Å²) < 4.78 is 2.09. The van der Waals surface area contributed by atoms with E-state index in [1.807, 2.05) is 26.2 Å². The molecule has 0 radical (unpaired) electrons. The van der Waals surface area contributed by atoms with E-state index in [2.05, 4.69) is 14.5 Å². The molecule has 1 unspecified atom stereocenters. The molecule has 0 aromatic carbocycles. The number of rotatable bonds is 3. The maximum Gasteiger partial charge on any atom is 0.109 e. The SMILES string of the molecule is CC(N)CCc1nc2ccncc2n1C. The van der Waals surface area contributed by atoms with Gasteiger partial charge in [-0.2, -0.15) is 0 Å². The third-order valence-electron chi connectivity index (χ3n) is 2.60. The normalized spacial score (nSPS) is 13.3. The van der Waals surface area contributed by atoms with Crippen LogP contribution >= 0.6 is 0 Å². The smallest absolute Gasteiger partial charge is 0.109 e. The molecule has 0 saturated carbocycles. The van der Waals surface area contributed by atoms with Gasteiger partial charge in [0.05, 0.1) is 17.2 Å². The Morgan fingerprint density at radius 1 is 1.53 bits per heavy atom. The summed E-state index contributed by atoms with van der Waals surface area (Å²) in [5, 5.41) is 0. The summed E-state index contributed by atoms with van der Waals surface area (Å²) >= 11 is 0. The summed E-state index contributed by atoms with van der Waals surface area (Å²) in [5.74, 6) is 1.08. The van der Waals surface area contributed by atoms with Crippen molar-refractivity contribution in [3.05, 3.63) is 24.3 Å². The molecule has 2 aromatic rings. The molecule has 0 aliphatic heterocycles. The third-order valence-corrected chi connectivity index (χ3v) is 2.60. The molecule has 0 aliphatic carbocycles. The number of nitrogens with two attached hydrogens (primary N) is 1. The molecular formula is C11H16N4. The Balaban J connectivity index is 2.32. The van der Waals surface area contributed by atoms with Crippen LogP contribution in [0.25, 0.3) is 11.0 Å². The molecule has 2 heterocycles. The average molecular weight is 204 g/mol. The quantitative estimate of drug-likeness (QED) is 0.818. The topological polar surface area (TPSA) is 56.7 Å². The second-order valence-corrected chi connectivity index (χ2v) is 3.97. The lowest BCUT2D eigenvalue weighted by atomic mass is 10.2. The highest BCUT2D eigenvalue weighted by Crippen LogP contribution is 2.14. The Bertz CT molecular complexity index is 459. The monoisotopic (exact) mass is 204 g/mol. The van der Waals surface area contributed by atoms with Crippen molar-refractivity contribution < 1.29 is 0 Å². The molecule has 0 fully saturated rings. The van der Waals surface area contributed by atoms with E-state index in [9.17, 15) is 0 Å². The van der Waals surface area contributed by atoms with Gasteiger partial charge in [0.15, 0.2) is 0 Å². The average Bonchev–Trinajstić information content (AvgIpc) is 2.54. The highest BCUT2D eigenvalue weighted by molar-refractivity contribution is 5.74. The molecule has 0 bridgehead atoms. The molecule has 1 atom stereocenters. The number of pyridine rings is 1. The summed E-state index contributed by atoms with van der Waals surface area (Å²) in [4.78, 5) is 8.65. The lowest BCUT2D eigenvalue weighted by molar-refractivity contribution is 0.636. The molecule has 2 aromatic heterocycles. The van der Waals surface area contributed by atoms with Crippen molar-refractivity contribution in [2.45, 2.75) is 25.8 Å². The molecule has 0 aliphatic rings. The first-order chi connectivity index (χ1) is 7.18. The van der Waals surface area contributed by atoms with Gasteiger partial charge in [0.1, 0.15) is 5.82 Å². The van der Waals surface area contributed by atoms with Crippen LogP contribution in [0.5, 0.6) is 0 Å². The summed E-state index contributed by atoms with van der Waals surface area (Å²) in [6.45, 7) is 2.02. The summed E-state index contributed by atoms with van der Waals surface area (Å²) in [5.41, 5.74) is 7.82. The van der Waals surface area contributed by atoms with E-state index in [1.54, 1.807) is 6.20 Å². The van der Waals surface area contributed by atoms with Crippen LogP contribution < -0.4 is 5.73 Å². The van der Waals surface area contributed by atoms with Crippen molar-refractivity contribution in [2.24, 2.45) is 12.8 Å². The van der Waals surface area contributed by atoms with Crippen LogP contribution in [0.2, 0.25) is 0 Å². The highest BCUT2D eigenvalue weighted by atomic mass is 15.1. The van der Waals surface area contributed by atoms with Crippen molar-refractivity contribution in [1.82, 2.24) is 14.5 Å². The van der Waals surface area contributed by atoms with Crippen LogP contribution in [0.3, 0.4) is 0 Å². The van der Waals surface area contributed by atoms with E-state index in [4.69, 9.17) is 5.73 Å². The van der Waals surface area contributed by atoms with E-state index in [0.717, 1.165) is 29.7 Å². The van der Waals surface area contributed by atoms with E-state index in [-0.39, 0.29) is 6.04 Å². The first kappa shape index (κ1) is 10.1. The molecule has 0 spiro atoms. The summed E-state index contributed by atoms with van der Waals surface area (Å²) in [6.07, 6.45) is 5.50. The van der Waals surface area contributed by atoms with Crippen molar-refractivity contribution in [3.8, 4) is 0 Å². The number of imidazole rings is 1. The molecule has 4 nitrogen and oxygen atoms in total. The molecule has 80 valence electrons. The van der Waals surface area contributed by atoms with Gasteiger partial charge in [0.25, 0.3) is 0 Å². The van der Waals surface area contributed by atoms with Gasteiger partial charge >= 0.3 is 0 Å². The first-order valence-electron chi connectivity index (χ1n) is 5.19. The highest BCUT2D eigenvalue weighted by Gasteiger charge is 2.07. The van der Waals surface area contributed by atoms with Crippen LogP contribution in [0.4, 0.5) is 0 Å². The number of aryl methyl sites for hydroxylation is 2. The molecule has 2 rings (SSSR count). The van der Waals surface area contributed by atoms with Crippen molar-refractivity contribution >= 4 is 11.0 Å². The largest absolute Gasteiger partial charge is 0.330 e. The van der Waals surface area contributed by atoms with Gasteiger partial charge in [-0.3, -0.25) is 4.98 Å². The van der Waals surface area contributed by atoms with E-state index < -0.39 is 0 Å². The minimum absolute atomic E-state index is 0.225. The van der Waals surface area contributed by atoms with Gasteiger partial charge in [-0.05, 0) is 19.4 Å². The van der Waals surface area contributed by atoms with E-state index >= 15 is 0 Å². The Hall–Kier alpha value is -1.42. The molecule has 4 heteroatoms. The van der Waals surface area contributed by atoms with Crippen molar-refractivity contribution in [3.63, 3.8) is 0 Å². The van der Waals surface area contributed by atoms with Crippen LogP contribution in [0.15, 0.2) is 18.5 Å². The van der Waals surface area contributed by atoms with Gasteiger partial charge in [-0.15, -0.1) is 0 Å². The number of hydrogen-bond donors (Lipinski definition) is 1. The molecule has 2 N–H and O–H groups in total. The maximum absolute atomic E-state index is 5.74. The van der Waals surface area contributed by atoms with Gasteiger partial charge in [-0.1, -0.05) is 0 Å². The Kier molecular flexibility index (Phi) is 2.68. The standard InChI is InChI=1S/C11H16N4/c1-8(12)3-4-11-14-9-5-6-13-7-10(9)15(11)2/h5-8H,3-4,12H2,1-2H3. The van der Waals surface area contributed by atoms with Gasteiger partial charge in [0, 0.05) is 25.7 Å². The van der Waals surface area contributed by atoms with E-state index in [1.165, 1.54) is 0 Å². The van der Waals surface area contributed by atoms with Crippen LogP contribution in [0.1, 0.15) is 19.2 Å². The fourth-order valence-corrected chi connectivity index (χ4v) is 1.67. The minimum atomic E-state index is 0.225. The number of fused-ring (bicyclic) bond motifs is 1. The first-order valence-corrected chi connectivity index (χ1v) is 5.19. The lowest BCUT2D eigenvalue weighted by Gasteiger charge is -2.04. The maximum atomic E-state index is 5.74. The van der Waals surface area contributed by atoms with Gasteiger partial charge in [-0.25, -0.2) is 4.98 Å². The fourth-order valence-electron chi connectivity index (χ4n) is 1.67. The Morgan fingerprint density at radius 2 is 2.33 bits per heavy atom. The zero-order valence-corrected chi connectivity index (χ0v) is 9.14. The molecule has 15 heavy (non-hydrogen) atoms. The van der Waals surface area contributed by atoms with Crippen LogP contribution in [-0.4, -0.2) is 20.6 Å². The van der Waals surface area contributed by atoms with E-state index in [0.29, 0.717) is 0 Å². The number of hydrogen-bond acceptors (Lipinski definition) is 3. The Morgan fingerprint density at radius 3 is 3.00 bits per heavy atom. The fraction of sp³-hybridized carbons (Fsp3) is 0.455. The predicted molar refractivity (Wildman–Crippen MR) is 60.5 cm³/mol. The zero-order valence-electron chi connectivity index (χ0n) is 9.14. The molecular weight excluding hydrogens is 188 g/mol. The predicted octanol–water partition coefficient (Wildman–Crippen LogP) is 1.25. The van der Waals surface area contributed by atoms with Crippen molar-refractivity contribution in [2.75, 3.05) is 0 Å². The van der Waals surface area contributed by atoms with Crippen molar-refractivity contribution in [1.29, 1.82) is 0 Å². The van der Waals surface area contributed by atoms with Crippen LogP contribution in [0, 0.1) is 0 Å². The second kappa shape index (κ2) is 3.98. The van der Waals surface area contributed by atoms with Crippen LogP contribution in [-0.2, 0) is 13.5 Å². The van der Waals surface area contributed by atoms with Gasteiger partial charge < -0.3 is 10.3 Å². The molecule has 0 saturated heterocycles. The number of nitrogens with zero attached hydrogens (tertiary/aromatic N) is 3.